The fraction of sp³-hybridized carbons (Fsp3) is 0.308. The number of rotatable bonds is 6. The van der Waals surface area contributed by atoms with E-state index in [4.69, 9.17) is 4.74 Å². The van der Waals surface area contributed by atoms with E-state index in [-0.39, 0.29) is 29.1 Å². The second kappa shape index (κ2) is 9.84. The molecule has 0 aliphatic heterocycles. The maximum atomic E-state index is 13.6. The van der Waals surface area contributed by atoms with E-state index in [1.807, 2.05) is 0 Å². The van der Waals surface area contributed by atoms with Crippen LogP contribution in [0, 0.1) is 6.92 Å². The molecule has 0 fully saturated rings. The van der Waals surface area contributed by atoms with Crippen LogP contribution < -0.4 is 16.9 Å². The fourth-order valence-electron chi connectivity index (χ4n) is 4.46. The number of carbonyl (C=O) groups excluding carboxylic acids is 1. The number of fused-ring (bicyclic) bond motifs is 1. The number of carbonyl (C=O) groups is 1. The van der Waals surface area contributed by atoms with Crippen LogP contribution >= 0.6 is 0 Å². The summed E-state index contributed by atoms with van der Waals surface area (Å²) in [7, 11) is 1.61. The van der Waals surface area contributed by atoms with Crippen LogP contribution in [0.15, 0.2) is 57.0 Å². The fourth-order valence-corrected chi connectivity index (χ4v) is 4.46. The van der Waals surface area contributed by atoms with Crippen LogP contribution in [0.4, 0.5) is 13.2 Å². The zero-order valence-electron chi connectivity index (χ0n) is 21.1. The van der Waals surface area contributed by atoms with E-state index < -0.39 is 41.1 Å². The molecule has 2 aromatic heterocycles. The summed E-state index contributed by atoms with van der Waals surface area (Å²) in [5.41, 5.74) is -2.16. The number of benzene rings is 2. The standard InChI is InChI=1S/C26H25F3N4O5/c1-5-31-21-12-17(10-11-20(21)30(4)24(31)36)32-14-18(23(35)38-6-2)22(34)33(25(32)37)13-16-8-7-9-19(15(16)3)26(27,28)29/h7-12,14H,5-6,13H2,1-4H3. The van der Waals surface area contributed by atoms with Crippen molar-refractivity contribution in [1.29, 1.82) is 0 Å². The lowest BCUT2D eigenvalue weighted by Crippen LogP contribution is -2.42. The molecule has 38 heavy (non-hydrogen) atoms. The third kappa shape index (κ3) is 4.46. The zero-order chi connectivity index (χ0) is 27.9. The molecule has 0 spiro atoms. The number of hydrogen-bond donors (Lipinski definition) is 0. The Morgan fingerprint density at radius 1 is 0.974 bits per heavy atom. The number of alkyl halides is 3. The van der Waals surface area contributed by atoms with Crippen molar-refractivity contribution in [2.75, 3.05) is 6.61 Å². The van der Waals surface area contributed by atoms with Gasteiger partial charge < -0.3 is 4.74 Å². The molecule has 0 atom stereocenters. The number of imidazole rings is 1. The molecule has 0 aliphatic carbocycles. The molecule has 0 unspecified atom stereocenters. The largest absolute Gasteiger partial charge is 0.462 e. The molecule has 0 saturated heterocycles. The van der Waals surface area contributed by atoms with E-state index in [9.17, 15) is 32.3 Å². The van der Waals surface area contributed by atoms with E-state index in [0.29, 0.717) is 22.1 Å². The van der Waals surface area contributed by atoms with Crippen LogP contribution in [0.1, 0.15) is 40.9 Å². The average Bonchev–Trinajstić information content (AvgIpc) is 3.10. The normalized spacial score (nSPS) is 11.8. The molecule has 2 aromatic carbocycles. The molecule has 4 rings (SSSR count). The first-order valence-electron chi connectivity index (χ1n) is 11.8. The third-order valence-corrected chi connectivity index (χ3v) is 6.47. The van der Waals surface area contributed by atoms with E-state index in [2.05, 4.69) is 0 Å². The Balaban J connectivity index is 1.98. The van der Waals surface area contributed by atoms with Crippen molar-refractivity contribution in [2.24, 2.45) is 7.05 Å². The van der Waals surface area contributed by atoms with Gasteiger partial charge >= 0.3 is 23.5 Å². The molecule has 200 valence electrons. The summed E-state index contributed by atoms with van der Waals surface area (Å²) in [4.78, 5) is 52.0. The quantitative estimate of drug-likeness (QED) is 0.357. The van der Waals surface area contributed by atoms with Crippen LogP contribution in [0.25, 0.3) is 16.7 Å². The summed E-state index contributed by atoms with van der Waals surface area (Å²) in [6, 6.07) is 8.23. The summed E-state index contributed by atoms with van der Waals surface area (Å²) < 4.78 is 50.1. The summed E-state index contributed by atoms with van der Waals surface area (Å²) in [5, 5.41) is 0. The van der Waals surface area contributed by atoms with Crippen molar-refractivity contribution in [2.45, 2.75) is 40.0 Å². The van der Waals surface area contributed by atoms with E-state index in [0.717, 1.165) is 16.8 Å². The SMILES string of the molecule is CCOC(=O)c1cn(-c2ccc3c(c2)n(CC)c(=O)n3C)c(=O)n(Cc2cccc(C(F)(F)F)c2C)c1=O. The molecule has 0 amide bonds. The Kier molecular flexibility index (Phi) is 6.92. The number of nitrogens with zero attached hydrogens (tertiary/aromatic N) is 4. The van der Waals surface area contributed by atoms with Gasteiger partial charge in [0.05, 0.1) is 35.4 Å². The van der Waals surface area contributed by atoms with Crippen molar-refractivity contribution in [3.05, 3.63) is 96.2 Å². The van der Waals surface area contributed by atoms with Crippen molar-refractivity contribution >= 4 is 17.0 Å². The van der Waals surface area contributed by atoms with E-state index >= 15 is 0 Å². The Hall–Kier alpha value is -4.35. The minimum Gasteiger partial charge on any atom is -0.462 e. The molecule has 0 saturated carbocycles. The van der Waals surface area contributed by atoms with Crippen molar-refractivity contribution in [1.82, 2.24) is 18.3 Å². The highest BCUT2D eigenvalue weighted by Crippen LogP contribution is 2.33. The summed E-state index contributed by atoms with van der Waals surface area (Å²) in [6.07, 6.45) is -3.57. The number of hydrogen-bond acceptors (Lipinski definition) is 5. The molecule has 4 aromatic rings. The molecule has 12 heteroatoms. The lowest BCUT2D eigenvalue weighted by Gasteiger charge is -2.16. The molecule has 9 nitrogen and oxygen atoms in total. The van der Waals surface area contributed by atoms with Gasteiger partial charge in [0.15, 0.2) is 0 Å². The lowest BCUT2D eigenvalue weighted by molar-refractivity contribution is -0.138. The Labute approximate surface area is 213 Å². The average molecular weight is 531 g/mol. The van der Waals surface area contributed by atoms with Crippen LogP contribution in [0.2, 0.25) is 0 Å². The highest BCUT2D eigenvalue weighted by Gasteiger charge is 2.33. The topological polar surface area (TPSA) is 97.2 Å². The van der Waals surface area contributed by atoms with Crippen LogP contribution in [0.3, 0.4) is 0 Å². The van der Waals surface area contributed by atoms with Crippen LogP contribution in [0.5, 0.6) is 0 Å². The molecule has 0 radical (unpaired) electrons. The van der Waals surface area contributed by atoms with E-state index in [1.165, 1.54) is 28.2 Å². The predicted octanol–water partition coefficient (Wildman–Crippen LogP) is 3.22. The van der Waals surface area contributed by atoms with Gasteiger partial charge in [-0.3, -0.25) is 23.1 Å². The molecular formula is C26H25F3N4O5. The van der Waals surface area contributed by atoms with Crippen molar-refractivity contribution in [3.63, 3.8) is 0 Å². The predicted molar refractivity (Wildman–Crippen MR) is 134 cm³/mol. The number of esters is 1. The Morgan fingerprint density at radius 3 is 2.32 bits per heavy atom. The highest BCUT2D eigenvalue weighted by atomic mass is 19.4. The zero-order valence-corrected chi connectivity index (χ0v) is 21.1. The molecule has 2 heterocycles. The minimum absolute atomic E-state index is 0.0388. The molecule has 0 N–H and O–H groups in total. The monoisotopic (exact) mass is 530 g/mol. The van der Waals surface area contributed by atoms with Gasteiger partial charge in [0.2, 0.25) is 0 Å². The first-order valence-corrected chi connectivity index (χ1v) is 11.8. The van der Waals surface area contributed by atoms with Gasteiger partial charge in [0, 0.05) is 19.8 Å². The number of aryl methyl sites for hydroxylation is 2. The first kappa shape index (κ1) is 26.7. The number of ether oxygens (including phenoxy) is 1. The summed E-state index contributed by atoms with van der Waals surface area (Å²) in [6.45, 7) is 4.40. The van der Waals surface area contributed by atoms with Gasteiger partial charge in [-0.15, -0.1) is 0 Å². The van der Waals surface area contributed by atoms with Gasteiger partial charge in [-0.05, 0) is 56.2 Å². The molecule has 0 aliphatic rings. The van der Waals surface area contributed by atoms with Gasteiger partial charge in [-0.25, -0.2) is 14.4 Å². The molecule has 0 bridgehead atoms. The Morgan fingerprint density at radius 2 is 1.68 bits per heavy atom. The highest BCUT2D eigenvalue weighted by molar-refractivity contribution is 5.88. The minimum atomic E-state index is -4.63. The van der Waals surface area contributed by atoms with Gasteiger partial charge in [0.25, 0.3) is 5.56 Å². The number of halogens is 3. The Bertz CT molecular complexity index is 1740. The summed E-state index contributed by atoms with van der Waals surface area (Å²) in [5.74, 6) is -0.980. The lowest BCUT2D eigenvalue weighted by atomic mass is 10.0. The van der Waals surface area contributed by atoms with Gasteiger partial charge in [-0.1, -0.05) is 12.1 Å². The summed E-state index contributed by atoms with van der Waals surface area (Å²) >= 11 is 0. The van der Waals surface area contributed by atoms with E-state index in [1.54, 1.807) is 39.1 Å². The second-order valence-corrected chi connectivity index (χ2v) is 8.65. The van der Waals surface area contributed by atoms with Gasteiger partial charge in [0.1, 0.15) is 5.56 Å². The van der Waals surface area contributed by atoms with Gasteiger partial charge in [-0.2, -0.15) is 13.2 Å². The molecular weight excluding hydrogens is 505 g/mol. The van der Waals surface area contributed by atoms with Crippen molar-refractivity contribution < 1.29 is 22.7 Å². The maximum absolute atomic E-state index is 13.6. The second-order valence-electron chi connectivity index (χ2n) is 8.65. The van der Waals surface area contributed by atoms with Crippen molar-refractivity contribution in [3.8, 4) is 5.69 Å². The third-order valence-electron chi connectivity index (χ3n) is 6.47. The van der Waals surface area contributed by atoms with Crippen LogP contribution in [-0.4, -0.2) is 30.8 Å². The smallest absolute Gasteiger partial charge is 0.416 e. The van der Waals surface area contributed by atoms with Crippen LogP contribution in [-0.2, 0) is 31.1 Å². The first-order chi connectivity index (χ1) is 17.9. The number of aromatic nitrogens is 4. The maximum Gasteiger partial charge on any atom is 0.416 e.